The minimum atomic E-state index is -1.92. The first-order chi connectivity index (χ1) is 20.6. The van der Waals surface area contributed by atoms with Crippen molar-refractivity contribution in [2.75, 3.05) is 0 Å². The second kappa shape index (κ2) is 14.2. The number of ether oxygens (including phenoxy) is 1. The number of nitro groups is 1. The first-order valence-electron chi connectivity index (χ1n) is 12.3. The average molecular weight is 610 g/mol. The molecule has 0 spiro atoms. The summed E-state index contributed by atoms with van der Waals surface area (Å²) in [6.45, 7) is 1.33. The molecule has 1 unspecified atom stereocenters. The van der Waals surface area contributed by atoms with E-state index in [1.165, 1.54) is 78.9 Å². The summed E-state index contributed by atoms with van der Waals surface area (Å²) in [5.41, 5.74) is 1.08. The Labute approximate surface area is 246 Å². The maximum atomic E-state index is 12.7. The molecule has 43 heavy (non-hydrogen) atoms. The molecule has 0 radical (unpaired) electrons. The SMILES string of the molecule is Cc1ccc(C(=O)Oc2ccc(S(=O)Oc3ccc(OOCc4ccc([N+](=O)[O-])cc4COO)cc3)cc2)c(C(=O)O)c1. The summed E-state index contributed by atoms with van der Waals surface area (Å²) < 4.78 is 23.4. The van der Waals surface area contributed by atoms with Crippen LogP contribution in [0.15, 0.2) is 89.8 Å². The number of carbonyl (C=O) groups is 2. The first-order valence-corrected chi connectivity index (χ1v) is 13.4. The molecule has 14 heteroatoms. The summed E-state index contributed by atoms with van der Waals surface area (Å²) in [7, 11) is 0. The lowest BCUT2D eigenvalue weighted by molar-refractivity contribution is -0.385. The fourth-order valence-corrected chi connectivity index (χ4v) is 4.45. The van der Waals surface area contributed by atoms with Crippen molar-refractivity contribution in [2.24, 2.45) is 0 Å². The highest BCUT2D eigenvalue weighted by atomic mass is 32.2. The standard InChI is InChI=1S/C29H23NO12S/c1-18-2-13-26(27(14-18)28(31)32)29(33)40-22-9-11-25(12-10-22)43(37)42-24-7-5-23(6-8-24)41-39-17-19-3-4-21(30(34)35)15-20(19)16-38-36/h2-15,36H,16-17H2,1H3,(H,31,32). The number of esters is 1. The van der Waals surface area contributed by atoms with E-state index in [9.17, 15) is 29.0 Å². The van der Waals surface area contributed by atoms with Crippen molar-refractivity contribution in [2.45, 2.75) is 25.0 Å². The number of hydrogen-bond acceptors (Lipinski definition) is 11. The third kappa shape index (κ3) is 8.21. The lowest BCUT2D eigenvalue weighted by Gasteiger charge is -2.10. The van der Waals surface area contributed by atoms with E-state index in [2.05, 4.69) is 4.89 Å². The molecule has 4 aromatic rings. The second-order valence-electron chi connectivity index (χ2n) is 8.83. The molecule has 2 N–H and O–H groups in total. The zero-order valence-corrected chi connectivity index (χ0v) is 23.1. The molecule has 0 aromatic heterocycles. The van der Waals surface area contributed by atoms with Crippen molar-refractivity contribution in [3.63, 3.8) is 0 Å². The van der Waals surface area contributed by atoms with Crippen LogP contribution in [0.25, 0.3) is 0 Å². The molecule has 222 valence electrons. The summed E-state index contributed by atoms with van der Waals surface area (Å²) >= 11 is -1.92. The number of non-ortho nitro benzene ring substituents is 1. The van der Waals surface area contributed by atoms with E-state index in [-0.39, 0.29) is 52.2 Å². The number of carboxylic acids is 1. The number of carbonyl (C=O) groups excluding carboxylic acids is 1. The van der Waals surface area contributed by atoms with E-state index in [0.29, 0.717) is 16.7 Å². The number of benzene rings is 4. The monoisotopic (exact) mass is 609 g/mol. The van der Waals surface area contributed by atoms with Gasteiger partial charge in [-0.3, -0.25) is 15.4 Å². The Bertz CT molecular complexity index is 1660. The van der Waals surface area contributed by atoms with Gasteiger partial charge in [0, 0.05) is 12.1 Å². The zero-order valence-electron chi connectivity index (χ0n) is 22.3. The van der Waals surface area contributed by atoms with Crippen LogP contribution in [-0.4, -0.2) is 31.4 Å². The van der Waals surface area contributed by atoms with E-state index in [1.807, 2.05) is 0 Å². The molecule has 4 aromatic carbocycles. The normalized spacial score (nSPS) is 11.4. The minimum absolute atomic E-state index is 0.0979. The zero-order chi connectivity index (χ0) is 30.9. The van der Waals surface area contributed by atoms with Crippen molar-refractivity contribution in [1.29, 1.82) is 0 Å². The molecular weight excluding hydrogens is 586 g/mol. The predicted octanol–water partition coefficient (Wildman–Crippen LogP) is 5.42. The van der Waals surface area contributed by atoms with Gasteiger partial charge in [-0.15, -0.1) is 0 Å². The summed E-state index contributed by atoms with van der Waals surface area (Å²) in [5.74, 6) is -1.45. The fraction of sp³-hybridized carbons (Fsp3) is 0.103. The van der Waals surface area contributed by atoms with Gasteiger partial charge in [-0.2, -0.15) is 4.89 Å². The van der Waals surface area contributed by atoms with Crippen molar-refractivity contribution in [3.05, 3.63) is 123 Å². The van der Waals surface area contributed by atoms with Crippen LogP contribution in [0.4, 0.5) is 5.69 Å². The summed E-state index contributed by atoms with van der Waals surface area (Å²) in [6, 6.07) is 20.0. The molecule has 0 heterocycles. The molecular formula is C29H23NO12S. The lowest BCUT2D eigenvalue weighted by atomic mass is 10.0. The smallest absolute Gasteiger partial charge is 0.344 e. The van der Waals surface area contributed by atoms with E-state index < -0.39 is 27.9 Å². The highest BCUT2D eigenvalue weighted by Gasteiger charge is 2.19. The van der Waals surface area contributed by atoms with Crippen LogP contribution >= 0.6 is 0 Å². The summed E-state index contributed by atoms with van der Waals surface area (Å²) in [6.07, 6.45) is 0. The maximum absolute atomic E-state index is 12.7. The van der Waals surface area contributed by atoms with Crippen LogP contribution in [0, 0.1) is 17.0 Å². The Hall–Kier alpha value is -5.15. The Morgan fingerprint density at radius 1 is 0.837 bits per heavy atom. The maximum Gasteiger partial charge on any atom is 0.344 e. The number of hydrogen-bond donors (Lipinski definition) is 2. The Morgan fingerprint density at radius 2 is 1.51 bits per heavy atom. The highest BCUT2D eigenvalue weighted by Crippen LogP contribution is 2.24. The van der Waals surface area contributed by atoms with Gasteiger partial charge in [0.25, 0.3) is 5.69 Å². The van der Waals surface area contributed by atoms with Crippen molar-refractivity contribution >= 4 is 28.7 Å². The van der Waals surface area contributed by atoms with Crippen LogP contribution in [0.3, 0.4) is 0 Å². The molecule has 0 aliphatic rings. The minimum Gasteiger partial charge on any atom is -0.478 e. The van der Waals surface area contributed by atoms with Gasteiger partial charge in [-0.05, 0) is 84.8 Å². The molecule has 0 amide bonds. The van der Waals surface area contributed by atoms with Gasteiger partial charge < -0.3 is 18.9 Å². The molecule has 0 saturated carbocycles. The van der Waals surface area contributed by atoms with Gasteiger partial charge in [-0.1, -0.05) is 11.6 Å². The number of aromatic carboxylic acids is 1. The third-order valence-electron chi connectivity index (χ3n) is 5.84. The molecule has 13 nitrogen and oxygen atoms in total. The first kappa shape index (κ1) is 30.8. The Morgan fingerprint density at radius 3 is 2.16 bits per heavy atom. The van der Waals surface area contributed by atoms with E-state index in [0.717, 1.165) is 0 Å². The number of nitro benzene ring substituents is 1. The Kier molecular flexibility index (Phi) is 10.1. The van der Waals surface area contributed by atoms with Crippen molar-refractivity contribution in [3.8, 4) is 17.2 Å². The highest BCUT2D eigenvalue weighted by molar-refractivity contribution is 7.80. The summed E-state index contributed by atoms with van der Waals surface area (Å²) in [5, 5.41) is 29.1. The number of rotatable bonds is 13. The Balaban J connectivity index is 1.30. The van der Waals surface area contributed by atoms with Crippen LogP contribution < -0.4 is 13.8 Å². The molecule has 0 saturated heterocycles. The topological polar surface area (TPSA) is 181 Å². The van der Waals surface area contributed by atoms with Crippen molar-refractivity contribution in [1.82, 2.24) is 0 Å². The number of carboxylic acid groups (broad SMARTS) is 1. The molecule has 0 bridgehead atoms. The molecule has 4 rings (SSSR count). The van der Waals surface area contributed by atoms with E-state index in [1.54, 1.807) is 13.0 Å². The summed E-state index contributed by atoms with van der Waals surface area (Å²) in [4.78, 5) is 49.2. The van der Waals surface area contributed by atoms with Gasteiger partial charge in [0.15, 0.2) is 5.75 Å². The molecule has 0 aliphatic carbocycles. The lowest BCUT2D eigenvalue weighted by Crippen LogP contribution is -2.14. The second-order valence-corrected chi connectivity index (χ2v) is 9.94. The van der Waals surface area contributed by atoms with Crippen molar-refractivity contribution < 1.29 is 52.7 Å². The van der Waals surface area contributed by atoms with E-state index >= 15 is 0 Å². The van der Waals surface area contributed by atoms with E-state index in [4.69, 9.17) is 24.0 Å². The third-order valence-corrected chi connectivity index (χ3v) is 6.84. The predicted molar refractivity (Wildman–Crippen MR) is 149 cm³/mol. The van der Waals surface area contributed by atoms with Gasteiger partial charge in [0.1, 0.15) is 24.7 Å². The van der Waals surface area contributed by atoms with Gasteiger partial charge >= 0.3 is 11.9 Å². The van der Waals surface area contributed by atoms with Gasteiger partial charge in [-0.25, -0.2) is 18.7 Å². The van der Waals surface area contributed by atoms with Crippen LogP contribution in [0.5, 0.6) is 17.2 Å². The average Bonchev–Trinajstić information content (AvgIpc) is 2.99. The molecule has 0 fully saturated rings. The van der Waals surface area contributed by atoms with Gasteiger partial charge in [0.2, 0.25) is 11.1 Å². The van der Waals surface area contributed by atoms with Gasteiger partial charge in [0.05, 0.1) is 20.9 Å². The molecule has 0 aliphatic heterocycles. The number of aryl methyl sites for hydroxylation is 1. The fourth-order valence-electron chi connectivity index (χ4n) is 3.71. The van der Waals surface area contributed by atoms with Crippen LogP contribution in [0.1, 0.15) is 37.4 Å². The molecule has 1 atom stereocenters. The quantitative estimate of drug-likeness (QED) is 0.0646. The van der Waals surface area contributed by atoms with Crippen LogP contribution in [-0.2, 0) is 34.1 Å². The van der Waals surface area contributed by atoms with Crippen LogP contribution in [0.2, 0.25) is 0 Å². The largest absolute Gasteiger partial charge is 0.478 e. The number of nitrogens with zero attached hydrogens (tertiary/aromatic N) is 1.